The van der Waals surface area contributed by atoms with E-state index in [1.807, 2.05) is 32.4 Å². The molecule has 8 heteroatoms. The fourth-order valence-corrected chi connectivity index (χ4v) is 3.80. The highest BCUT2D eigenvalue weighted by molar-refractivity contribution is 6.00. The lowest BCUT2D eigenvalue weighted by atomic mass is 9.91. The molecular weight excluding hydrogens is 382 g/mol. The number of alkyl carbamates (subject to hydrolysis) is 1. The maximum absolute atomic E-state index is 12.0. The van der Waals surface area contributed by atoms with Crippen LogP contribution in [0, 0.1) is 6.92 Å². The number of anilines is 2. The van der Waals surface area contributed by atoms with Crippen LogP contribution in [0.4, 0.5) is 16.2 Å². The Morgan fingerprint density at radius 3 is 2.47 bits per heavy atom. The molecular formula is C22H31N5O3. The van der Waals surface area contributed by atoms with Gasteiger partial charge in [0.25, 0.3) is 0 Å². The SMILES string of the molecule is CC(=O)c1ccncc1Nc1cnn([C@H]2CC[C@@H](NC(=O)OC(C)(C)C)CC2)c1C. The number of Topliss-reactive ketones (excluding diaryl/α,β-unsaturated/α-hetero) is 1. The lowest BCUT2D eigenvalue weighted by Gasteiger charge is -2.30. The van der Waals surface area contributed by atoms with Crippen LogP contribution in [0.1, 0.15) is 75.5 Å². The van der Waals surface area contributed by atoms with E-state index in [1.165, 1.54) is 0 Å². The van der Waals surface area contributed by atoms with Crippen molar-refractivity contribution >= 4 is 23.3 Å². The van der Waals surface area contributed by atoms with Crippen LogP contribution >= 0.6 is 0 Å². The summed E-state index contributed by atoms with van der Waals surface area (Å²) in [5.41, 5.74) is 2.66. The van der Waals surface area contributed by atoms with Crippen LogP contribution in [0.3, 0.4) is 0 Å². The largest absolute Gasteiger partial charge is 0.444 e. The number of hydrogen-bond acceptors (Lipinski definition) is 6. The number of ether oxygens (including phenoxy) is 1. The van der Waals surface area contributed by atoms with Crippen molar-refractivity contribution in [2.45, 2.75) is 78.0 Å². The van der Waals surface area contributed by atoms with Crippen molar-refractivity contribution in [1.82, 2.24) is 20.1 Å². The van der Waals surface area contributed by atoms with Gasteiger partial charge < -0.3 is 15.4 Å². The second-order valence-electron chi connectivity index (χ2n) is 8.84. The Morgan fingerprint density at radius 1 is 1.13 bits per heavy atom. The molecule has 0 spiro atoms. The van der Waals surface area contributed by atoms with E-state index in [0.717, 1.165) is 37.1 Å². The summed E-state index contributed by atoms with van der Waals surface area (Å²) in [6.45, 7) is 9.14. The standard InChI is InChI=1S/C22H31N5O3/c1-14-19(26-20-12-23-11-10-18(20)15(2)28)13-24-27(14)17-8-6-16(7-9-17)25-21(29)30-22(3,4)5/h10-13,16-17,26H,6-9H2,1-5H3,(H,25,29)/t16-,17+. The predicted molar refractivity (Wildman–Crippen MR) is 115 cm³/mol. The van der Waals surface area contributed by atoms with Gasteiger partial charge in [-0.1, -0.05) is 0 Å². The first-order chi connectivity index (χ1) is 14.1. The molecule has 8 nitrogen and oxygen atoms in total. The Bertz CT molecular complexity index is 908. The van der Waals surface area contributed by atoms with E-state index >= 15 is 0 Å². The minimum atomic E-state index is -0.493. The van der Waals surface area contributed by atoms with Gasteiger partial charge in [0.05, 0.1) is 35.5 Å². The van der Waals surface area contributed by atoms with Crippen LogP contribution in [-0.2, 0) is 4.74 Å². The van der Waals surface area contributed by atoms with Crippen molar-refractivity contribution in [3.63, 3.8) is 0 Å². The summed E-state index contributed by atoms with van der Waals surface area (Å²) in [5, 5.41) is 10.9. The molecule has 0 atom stereocenters. The molecule has 0 radical (unpaired) electrons. The zero-order valence-electron chi connectivity index (χ0n) is 18.4. The van der Waals surface area contributed by atoms with Gasteiger partial charge in [-0.05, 0) is 66.4 Å². The number of nitrogens with zero attached hydrogens (tertiary/aromatic N) is 3. The molecule has 30 heavy (non-hydrogen) atoms. The molecule has 0 aromatic carbocycles. The first kappa shape index (κ1) is 21.8. The topological polar surface area (TPSA) is 98.1 Å². The third-order valence-corrected chi connectivity index (χ3v) is 5.28. The van der Waals surface area contributed by atoms with Crippen molar-refractivity contribution in [3.8, 4) is 0 Å². The summed E-state index contributed by atoms with van der Waals surface area (Å²) in [6.07, 6.45) is 8.31. The fraction of sp³-hybridized carbons (Fsp3) is 0.545. The first-order valence-corrected chi connectivity index (χ1v) is 10.4. The minimum Gasteiger partial charge on any atom is -0.444 e. The van der Waals surface area contributed by atoms with Crippen LogP contribution in [0.15, 0.2) is 24.7 Å². The van der Waals surface area contributed by atoms with Gasteiger partial charge in [-0.2, -0.15) is 5.10 Å². The second-order valence-corrected chi connectivity index (χ2v) is 8.84. The van der Waals surface area contributed by atoms with E-state index in [2.05, 4.69) is 20.7 Å². The van der Waals surface area contributed by atoms with E-state index < -0.39 is 5.60 Å². The van der Waals surface area contributed by atoms with Gasteiger partial charge in [0.15, 0.2) is 5.78 Å². The maximum Gasteiger partial charge on any atom is 0.407 e. The number of amides is 1. The van der Waals surface area contributed by atoms with Crippen molar-refractivity contribution in [2.24, 2.45) is 0 Å². The summed E-state index contributed by atoms with van der Waals surface area (Å²) in [7, 11) is 0. The van der Waals surface area contributed by atoms with Gasteiger partial charge in [0.2, 0.25) is 0 Å². The molecule has 2 heterocycles. The molecule has 0 saturated heterocycles. The van der Waals surface area contributed by atoms with Gasteiger partial charge >= 0.3 is 6.09 Å². The average molecular weight is 414 g/mol. The van der Waals surface area contributed by atoms with E-state index in [1.54, 1.807) is 31.6 Å². The van der Waals surface area contributed by atoms with E-state index in [9.17, 15) is 9.59 Å². The molecule has 1 saturated carbocycles. The molecule has 1 amide bonds. The number of rotatable bonds is 5. The monoisotopic (exact) mass is 413 g/mol. The van der Waals surface area contributed by atoms with Gasteiger partial charge in [-0.15, -0.1) is 0 Å². The zero-order valence-corrected chi connectivity index (χ0v) is 18.4. The Morgan fingerprint density at radius 2 is 1.83 bits per heavy atom. The van der Waals surface area contributed by atoms with Gasteiger partial charge in [0, 0.05) is 17.8 Å². The zero-order chi connectivity index (χ0) is 21.9. The number of ketones is 1. The molecule has 162 valence electrons. The van der Waals surface area contributed by atoms with E-state index in [4.69, 9.17) is 4.74 Å². The smallest absolute Gasteiger partial charge is 0.407 e. The average Bonchev–Trinajstić information content (AvgIpc) is 3.01. The molecule has 1 fully saturated rings. The fourth-order valence-electron chi connectivity index (χ4n) is 3.80. The van der Waals surface area contributed by atoms with Gasteiger partial charge in [-0.25, -0.2) is 4.79 Å². The maximum atomic E-state index is 12.0. The Labute approximate surface area is 177 Å². The first-order valence-electron chi connectivity index (χ1n) is 10.4. The summed E-state index contributed by atoms with van der Waals surface area (Å²) >= 11 is 0. The molecule has 3 rings (SSSR count). The summed E-state index contributed by atoms with van der Waals surface area (Å²) in [5.74, 6) is -0.0132. The number of aromatic nitrogens is 3. The lowest BCUT2D eigenvalue weighted by Crippen LogP contribution is -2.41. The Hall–Kier alpha value is -2.90. The lowest BCUT2D eigenvalue weighted by molar-refractivity contribution is 0.0487. The molecule has 2 aromatic heterocycles. The highest BCUT2D eigenvalue weighted by Crippen LogP contribution is 2.32. The highest BCUT2D eigenvalue weighted by atomic mass is 16.6. The third-order valence-electron chi connectivity index (χ3n) is 5.28. The second kappa shape index (κ2) is 8.85. The Balaban J connectivity index is 1.61. The summed E-state index contributed by atoms with van der Waals surface area (Å²) in [4.78, 5) is 28.0. The van der Waals surface area contributed by atoms with Gasteiger partial charge in [0.1, 0.15) is 5.60 Å². The summed E-state index contributed by atoms with van der Waals surface area (Å²) in [6, 6.07) is 2.11. The van der Waals surface area contributed by atoms with Crippen molar-refractivity contribution < 1.29 is 14.3 Å². The quantitative estimate of drug-likeness (QED) is 0.698. The van der Waals surface area contributed by atoms with Crippen molar-refractivity contribution in [2.75, 3.05) is 5.32 Å². The number of pyridine rings is 1. The molecule has 2 aromatic rings. The van der Waals surface area contributed by atoms with Crippen molar-refractivity contribution in [1.29, 1.82) is 0 Å². The summed E-state index contributed by atoms with van der Waals surface area (Å²) < 4.78 is 7.39. The van der Waals surface area contributed by atoms with Gasteiger partial charge in [-0.3, -0.25) is 14.5 Å². The van der Waals surface area contributed by atoms with Crippen LogP contribution in [0.5, 0.6) is 0 Å². The highest BCUT2D eigenvalue weighted by Gasteiger charge is 2.27. The van der Waals surface area contributed by atoms with E-state index in [0.29, 0.717) is 11.3 Å². The molecule has 0 unspecified atom stereocenters. The number of carbonyl (C=O) groups is 2. The van der Waals surface area contributed by atoms with Crippen LogP contribution in [0.25, 0.3) is 0 Å². The number of hydrogen-bond donors (Lipinski definition) is 2. The molecule has 1 aliphatic rings. The van der Waals surface area contributed by atoms with E-state index in [-0.39, 0.29) is 24.0 Å². The molecule has 0 aliphatic heterocycles. The normalized spacial score (nSPS) is 19.2. The van der Waals surface area contributed by atoms with Crippen LogP contribution in [0.2, 0.25) is 0 Å². The van der Waals surface area contributed by atoms with Crippen LogP contribution in [-0.4, -0.2) is 38.3 Å². The predicted octanol–water partition coefficient (Wildman–Crippen LogP) is 4.54. The van der Waals surface area contributed by atoms with Crippen LogP contribution < -0.4 is 10.6 Å². The molecule has 2 N–H and O–H groups in total. The number of carbonyl (C=O) groups excluding carboxylic acids is 2. The van der Waals surface area contributed by atoms with Crippen molar-refractivity contribution in [3.05, 3.63) is 35.9 Å². The Kier molecular flexibility index (Phi) is 6.43. The molecule has 0 bridgehead atoms. The third kappa shape index (κ3) is 5.37. The number of nitrogens with one attached hydrogen (secondary N) is 2. The minimum absolute atomic E-state index is 0.0132. The molecule has 1 aliphatic carbocycles.